The Kier molecular flexibility index (Phi) is 1.87. The maximum atomic E-state index is 5.04. The molecule has 0 aliphatic carbocycles. The van der Waals surface area contributed by atoms with Gasteiger partial charge in [-0.25, -0.2) is 0 Å². The van der Waals surface area contributed by atoms with Gasteiger partial charge in [-0.15, -0.1) is 0 Å². The van der Waals surface area contributed by atoms with Crippen LogP contribution >= 0.6 is 11.9 Å². The van der Waals surface area contributed by atoms with Crippen molar-refractivity contribution in [3.8, 4) is 0 Å². The average Bonchev–Trinajstić information content (AvgIpc) is 2.30. The van der Waals surface area contributed by atoms with E-state index < -0.39 is 0 Å². The Hall–Kier alpha value is -1.22. The molecule has 0 amide bonds. The summed E-state index contributed by atoms with van der Waals surface area (Å²) < 4.78 is 10.1. The van der Waals surface area contributed by atoms with E-state index >= 15 is 0 Å². The van der Waals surface area contributed by atoms with Gasteiger partial charge < -0.3 is 7.70 Å². The maximum Gasteiger partial charge on any atom is 0.241 e. The lowest BCUT2D eigenvalue weighted by Gasteiger charge is -1.93. The topological polar surface area (TPSA) is 26.3 Å². The highest BCUT2D eigenvalue weighted by atomic mass is 32.1. The van der Waals surface area contributed by atoms with Gasteiger partial charge in [0.15, 0.2) is 0 Å². The van der Waals surface area contributed by atoms with Gasteiger partial charge >= 0.3 is 0 Å². The van der Waals surface area contributed by atoms with Crippen LogP contribution in [0.3, 0.4) is 0 Å². The third-order valence-corrected chi connectivity index (χ3v) is 2.13. The fourth-order valence-electron chi connectivity index (χ4n) is 1.13. The van der Waals surface area contributed by atoms with Crippen molar-refractivity contribution in [2.75, 3.05) is 0 Å². The van der Waals surface area contributed by atoms with Gasteiger partial charge in [-0.2, -0.15) is 0 Å². The van der Waals surface area contributed by atoms with Gasteiger partial charge in [0.1, 0.15) is 12.5 Å². The minimum Gasteiger partial charge on any atom is -0.380 e. The Labute approximate surface area is 74.2 Å². The van der Waals surface area contributed by atoms with Crippen molar-refractivity contribution in [3.63, 3.8) is 0 Å². The van der Waals surface area contributed by atoms with Crippen molar-refractivity contribution in [1.82, 2.24) is 0 Å². The van der Waals surface area contributed by atoms with Crippen LogP contribution in [-0.4, -0.2) is 0 Å². The standard InChI is InChI=1S/C9H8O2S/c1-7-3-2-4-8-5-10-12-11-6-9(7)8/h2-6H,1H3. The molecule has 0 saturated heterocycles. The van der Waals surface area contributed by atoms with Gasteiger partial charge in [0.25, 0.3) is 0 Å². The fourth-order valence-corrected chi connectivity index (χ4v) is 1.45. The summed E-state index contributed by atoms with van der Waals surface area (Å²) in [5.74, 6) is 0. The summed E-state index contributed by atoms with van der Waals surface area (Å²) in [7, 11) is 0. The second-order valence-corrected chi connectivity index (χ2v) is 3.09. The van der Waals surface area contributed by atoms with Gasteiger partial charge in [0, 0.05) is 10.8 Å². The van der Waals surface area contributed by atoms with E-state index in [2.05, 4.69) is 0 Å². The lowest BCUT2D eigenvalue weighted by molar-refractivity contribution is 0.604. The third kappa shape index (κ3) is 1.23. The minimum absolute atomic E-state index is 0.970. The Bertz CT molecular complexity index is 420. The van der Waals surface area contributed by atoms with Crippen LogP contribution in [0.4, 0.5) is 0 Å². The fraction of sp³-hybridized carbons (Fsp3) is 0.111. The van der Waals surface area contributed by atoms with E-state index in [0.717, 1.165) is 22.7 Å². The summed E-state index contributed by atoms with van der Waals surface area (Å²) in [6, 6.07) is 6.04. The molecule has 0 aliphatic rings. The molecule has 2 rings (SSSR count). The number of benzene rings is 1. The van der Waals surface area contributed by atoms with Crippen molar-refractivity contribution in [1.29, 1.82) is 0 Å². The van der Waals surface area contributed by atoms with Crippen molar-refractivity contribution < 1.29 is 7.70 Å². The normalized spacial score (nSPS) is 10.1. The molecule has 2 aromatic rings. The lowest BCUT2D eigenvalue weighted by Crippen LogP contribution is -1.72. The molecule has 0 bridgehead atoms. The molecule has 0 fully saturated rings. The molecule has 0 N–H and O–H groups in total. The molecule has 0 aliphatic heterocycles. The predicted molar refractivity (Wildman–Crippen MR) is 48.7 cm³/mol. The van der Waals surface area contributed by atoms with E-state index in [1.807, 2.05) is 25.1 Å². The largest absolute Gasteiger partial charge is 0.380 e. The highest BCUT2D eigenvalue weighted by Gasteiger charge is 1.94. The molecule has 1 heterocycles. The molecular formula is C9H8O2S. The molecule has 0 atom stereocenters. The summed E-state index contributed by atoms with van der Waals surface area (Å²) >= 11 is 0.970. The summed E-state index contributed by atoms with van der Waals surface area (Å²) in [6.45, 7) is 2.04. The quantitative estimate of drug-likeness (QED) is 0.620. The zero-order valence-electron chi connectivity index (χ0n) is 6.61. The third-order valence-electron chi connectivity index (χ3n) is 1.78. The van der Waals surface area contributed by atoms with Crippen LogP contribution in [-0.2, 0) is 0 Å². The van der Waals surface area contributed by atoms with E-state index in [-0.39, 0.29) is 0 Å². The lowest BCUT2D eigenvalue weighted by atomic mass is 10.1. The summed E-state index contributed by atoms with van der Waals surface area (Å²) in [5, 5.41) is 2.14. The molecule has 0 saturated carbocycles. The summed E-state index contributed by atoms with van der Waals surface area (Å²) in [4.78, 5) is 0. The monoisotopic (exact) mass is 180 g/mol. The van der Waals surface area contributed by atoms with Crippen LogP contribution in [0.5, 0.6) is 0 Å². The van der Waals surface area contributed by atoms with Crippen LogP contribution in [0.15, 0.2) is 38.4 Å². The average molecular weight is 180 g/mol. The second-order valence-electron chi connectivity index (χ2n) is 2.57. The molecule has 0 spiro atoms. The maximum absolute atomic E-state index is 5.04. The van der Waals surface area contributed by atoms with Crippen LogP contribution in [0.1, 0.15) is 5.56 Å². The van der Waals surface area contributed by atoms with Crippen LogP contribution in [0.2, 0.25) is 0 Å². The van der Waals surface area contributed by atoms with Gasteiger partial charge in [-0.05, 0) is 12.5 Å². The first kappa shape index (κ1) is 7.43. The van der Waals surface area contributed by atoms with Crippen molar-refractivity contribution in [2.24, 2.45) is 0 Å². The number of rotatable bonds is 0. The van der Waals surface area contributed by atoms with E-state index in [1.165, 1.54) is 5.56 Å². The summed E-state index contributed by atoms with van der Waals surface area (Å²) in [5.41, 5.74) is 1.19. The van der Waals surface area contributed by atoms with Crippen LogP contribution in [0, 0.1) is 6.92 Å². The summed E-state index contributed by atoms with van der Waals surface area (Å²) in [6.07, 6.45) is 3.40. The molecule has 1 aromatic heterocycles. The smallest absolute Gasteiger partial charge is 0.241 e. The van der Waals surface area contributed by atoms with Crippen molar-refractivity contribution >= 4 is 22.7 Å². The van der Waals surface area contributed by atoms with Gasteiger partial charge in [-0.3, -0.25) is 0 Å². The number of hydrogen-bond donors (Lipinski definition) is 0. The van der Waals surface area contributed by atoms with Crippen LogP contribution < -0.4 is 0 Å². The zero-order chi connectivity index (χ0) is 8.39. The number of aryl methyl sites for hydroxylation is 1. The Morgan fingerprint density at radius 2 is 2.00 bits per heavy atom. The highest BCUT2D eigenvalue weighted by Crippen LogP contribution is 2.16. The molecule has 0 unspecified atom stereocenters. The van der Waals surface area contributed by atoms with Gasteiger partial charge in [0.2, 0.25) is 11.9 Å². The Morgan fingerprint density at radius 3 is 2.92 bits per heavy atom. The SMILES string of the molecule is Cc1cccc2cosocc12. The molecular weight excluding hydrogens is 172 g/mol. The van der Waals surface area contributed by atoms with Gasteiger partial charge in [-0.1, -0.05) is 18.2 Å². The van der Waals surface area contributed by atoms with Crippen molar-refractivity contribution in [2.45, 2.75) is 6.92 Å². The minimum atomic E-state index is 0.970. The van der Waals surface area contributed by atoms with E-state index in [0.29, 0.717) is 0 Å². The number of hydrogen-bond acceptors (Lipinski definition) is 3. The van der Waals surface area contributed by atoms with E-state index in [9.17, 15) is 0 Å². The molecule has 0 radical (unpaired) electrons. The molecule has 1 aromatic carbocycles. The first-order valence-electron chi connectivity index (χ1n) is 3.63. The first-order valence-corrected chi connectivity index (χ1v) is 4.29. The predicted octanol–water partition coefficient (Wildman–Crippen LogP) is 3.52. The van der Waals surface area contributed by atoms with Gasteiger partial charge in [0.05, 0.1) is 0 Å². The Morgan fingerprint density at radius 1 is 1.17 bits per heavy atom. The molecule has 62 valence electrons. The molecule has 3 heteroatoms. The van der Waals surface area contributed by atoms with E-state index in [1.54, 1.807) is 12.5 Å². The number of fused-ring (bicyclic) bond motifs is 1. The Balaban J connectivity index is 2.94. The zero-order valence-corrected chi connectivity index (χ0v) is 7.43. The van der Waals surface area contributed by atoms with E-state index in [4.69, 9.17) is 7.70 Å². The van der Waals surface area contributed by atoms with Crippen LogP contribution in [0.25, 0.3) is 10.8 Å². The molecule has 2 nitrogen and oxygen atoms in total. The highest BCUT2D eigenvalue weighted by molar-refractivity contribution is 6.93. The second kappa shape index (κ2) is 3.03. The first-order chi connectivity index (χ1) is 5.88. The molecule has 12 heavy (non-hydrogen) atoms. The van der Waals surface area contributed by atoms with Crippen molar-refractivity contribution in [3.05, 3.63) is 36.3 Å².